The third kappa shape index (κ3) is 3.85. The van der Waals surface area contributed by atoms with E-state index in [1.54, 1.807) is 0 Å². The van der Waals surface area contributed by atoms with Gasteiger partial charge < -0.3 is 0 Å². The summed E-state index contributed by atoms with van der Waals surface area (Å²) in [6.45, 7) is 2.07. The number of hydrogen-bond acceptors (Lipinski definition) is 0. The SMILES string of the molecule is CCCC#CCl. The Kier molecular flexibility index (Phi) is 4.73. The Labute approximate surface area is 43.5 Å². The summed E-state index contributed by atoms with van der Waals surface area (Å²) in [5, 5.41) is 2.29. The number of unbranched alkanes of at least 4 members (excludes halogenated alkanes) is 1. The van der Waals surface area contributed by atoms with E-state index in [0.717, 1.165) is 12.8 Å². The van der Waals surface area contributed by atoms with Crippen LogP contribution >= 0.6 is 11.6 Å². The van der Waals surface area contributed by atoms with E-state index in [4.69, 9.17) is 11.6 Å². The molecule has 0 N–H and O–H groups in total. The minimum absolute atomic E-state index is 0.920. The summed E-state index contributed by atoms with van der Waals surface area (Å²) in [5.74, 6) is 2.71. The molecule has 0 heterocycles. The molecule has 34 valence electrons. The standard InChI is InChI=1S/C5H7Cl/c1-2-3-4-5-6/h2-3H2,1H3. The molecule has 0 saturated carbocycles. The lowest BCUT2D eigenvalue weighted by Crippen LogP contribution is -1.55. The zero-order valence-electron chi connectivity index (χ0n) is 3.79. The fourth-order valence-electron chi connectivity index (χ4n) is 0.172. The van der Waals surface area contributed by atoms with Gasteiger partial charge in [-0.1, -0.05) is 12.8 Å². The van der Waals surface area contributed by atoms with E-state index < -0.39 is 0 Å². The van der Waals surface area contributed by atoms with E-state index in [1.165, 1.54) is 0 Å². The Bertz CT molecular complexity index is 65.7. The van der Waals surface area contributed by atoms with Crippen LogP contribution in [0.2, 0.25) is 0 Å². The van der Waals surface area contributed by atoms with Gasteiger partial charge >= 0.3 is 0 Å². The molecule has 0 nitrogen and oxygen atoms in total. The minimum atomic E-state index is 0.920. The van der Waals surface area contributed by atoms with Crippen LogP contribution in [0.1, 0.15) is 19.8 Å². The molecule has 0 atom stereocenters. The van der Waals surface area contributed by atoms with Crippen molar-refractivity contribution in [3.05, 3.63) is 0 Å². The van der Waals surface area contributed by atoms with Crippen LogP contribution in [0.5, 0.6) is 0 Å². The van der Waals surface area contributed by atoms with Crippen LogP contribution in [-0.2, 0) is 0 Å². The highest BCUT2D eigenvalue weighted by atomic mass is 35.5. The van der Waals surface area contributed by atoms with Crippen LogP contribution in [-0.4, -0.2) is 0 Å². The molecular formula is C5H7Cl. The van der Waals surface area contributed by atoms with E-state index in [1.807, 2.05) is 0 Å². The van der Waals surface area contributed by atoms with Crippen LogP contribution in [0.25, 0.3) is 0 Å². The van der Waals surface area contributed by atoms with Crippen LogP contribution in [0.15, 0.2) is 0 Å². The molecule has 0 aliphatic heterocycles. The summed E-state index contributed by atoms with van der Waals surface area (Å²) in [6.07, 6.45) is 2.02. The fourth-order valence-corrected chi connectivity index (χ4v) is 0.267. The maximum Gasteiger partial charge on any atom is 0.00986 e. The van der Waals surface area contributed by atoms with Crippen molar-refractivity contribution in [1.82, 2.24) is 0 Å². The van der Waals surface area contributed by atoms with E-state index in [9.17, 15) is 0 Å². The summed E-state index contributed by atoms with van der Waals surface area (Å²) < 4.78 is 0. The van der Waals surface area contributed by atoms with Gasteiger partial charge in [0.2, 0.25) is 0 Å². The van der Waals surface area contributed by atoms with Gasteiger partial charge in [-0.2, -0.15) is 0 Å². The topological polar surface area (TPSA) is 0 Å². The molecule has 0 bridgehead atoms. The number of hydrogen-bond donors (Lipinski definition) is 0. The summed E-state index contributed by atoms with van der Waals surface area (Å²) in [4.78, 5) is 0. The first-order chi connectivity index (χ1) is 2.91. The molecule has 0 rings (SSSR count). The molecule has 0 unspecified atom stereocenters. The molecule has 0 aromatic carbocycles. The predicted molar refractivity (Wildman–Crippen MR) is 28.5 cm³/mol. The highest BCUT2D eigenvalue weighted by molar-refractivity contribution is 6.30. The smallest absolute Gasteiger partial charge is 0.00986 e. The summed E-state index contributed by atoms with van der Waals surface area (Å²) in [6, 6.07) is 0. The lowest BCUT2D eigenvalue weighted by molar-refractivity contribution is 0.984. The van der Waals surface area contributed by atoms with Crippen molar-refractivity contribution in [3.63, 3.8) is 0 Å². The summed E-state index contributed by atoms with van der Waals surface area (Å²) >= 11 is 5.02. The van der Waals surface area contributed by atoms with Gasteiger partial charge in [0, 0.05) is 11.8 Å². The molecule has 0 spiro atoms. The van der Waals surface area contributed by atoms with Gasteiger partial charge in [-0.25, -0.2) is 0 Å². The van der Waals surface area contributed by atoms with Crippen molar-refractivity contribution in [1.29, 1.82) is 0 Å². The fraction of sp³-hybridized carbons (Fsp3) is 0.600. The zero-order chi connectivity index (χ0) is 4.83. The normalized spacial score (nSPS) is 6.33. The molecule has 0 aliphatic carbocycles. The first-order valence-electron chi connectivity index (χ1n) is 2.00. The maximum absolute atomic E-state index is 5.02. The zero-order valence-corrected chi connectivity index (χ0v) is 4.55. The van der Waals surface area contributed by atoms with Gasteiger partial charge in [-0.15, -0.1) is 0 Å². The van der Waals surface area contributed by atoms with Gasteiger partial charge in [0.15, 0.2) is 0 Å². The van der Waals surface area contributed by atoms with Crippen LogP contribution in [0.3, 0.4) is 0 Å². The maximum atomic E-state index is 5.02. The first-order valence-corrected chi connectivity index (χ1v) is 2.38. The predicted octanol–water partition coefficient (Wildman–Crippen LogP) is 1.99. The van der Waals surface area contributed by atoms with Gasteiger partial charge in [0.1, 0.15) is 0 Å². The Morgan fingerprint density at radius 1 is 1.67 bits per heavy atom. The molecule has 6 heavy (non-hydrogen) atoms. The molecule has 0 saturated heterocycles. The second kappa shape index (κ2) is 4.85. The monoisotopic (exact) mass is 102 g/mol. The molecule has 1 heteroatoms. The van der Waals surface area contributed by atoms with Crippen molar-refractivity contribution in [2.24, 2.45) is 0 Å². The Balaban J connectivity index is 2.79. The third-order valence-electron chi connectivity index (χ3n) is 0.442. The van der Waals surface area contributed by atoms with Gasteiger partial charge in [-0.05, 0) is 18.0 Å². The first kappa shape index (κ1) is 5.85. The summed E-state index contributed by atoms with van der Waals surface area (Å²) in [5.41, 5.74) is 0. The molecule has 0 fully saturated rings. The van der Waals surface area contributed by atoms with Crippen molar-refractivity contribution < 1.29 is 0 Å². The molecule has 0 aromatic rings. The van der Waals surface area contributed by atoms with E-state index in [0.29, 0.717) is 0 Å². The van der Waals surface area contributed by atoms with Crippen LogP contribution in [0, 0.1) is 11.3 Å². The Hall–Kier alpha value is -0.150. The lowest BCUT2D eigenvalue weighted by atomic mass is 10.4. The van der Waals surface area contributed by atoms with E-state index >= 15 is 0 Å². The van der Waals surface area contributed by atoms with Gasteiger partial charge in [0.05, 0.1) is 0 Å². The Morgan fingerprint density at radius 2 is 2.33 bits per heavy atom. The van der Waals surface area contributed by atoms with E-state index in [2.05, 4.69) is 18.2 Å². The lowest BCUT2D eigenvalue weighted by Gasteiger charge is -1.70. The second-order valence-corrected chi connectivity index (χ2v) is 1.21. The Morgan fingerprint density at radius 3 is 2.50 bits per heavy atom. The van der Waals surface area contributed by atoms with Crippen molar-refractivity contribution >= 4 is 11.6 Å². The van der Waals surface area contributed by atoms with Crippen LogP contribution < -0.4 is 0 Å². The van der Waals surface area contributed by atoms with Gasteiger partial charge in [-0.3, -0.25) is 0 Å². The highest BCUT2D eigenvalue weighted by Crippen LogP contribution is 1.80. The largest absolute Gasteiger partial charge is 0.0859 e. The van der Waals surface area contributed by atoms with Gasteiger partial charge in [0.25, 0.3) is 0 Å². The molecular weight excluding hydrogens is 95.5 g/mol. The third-order valence-corrected chi connectivity index (χ3v) is 0.575. The number of rotatable bonds is 1. The van der Waals surface area contributed by atoms with Crippen molar-refractivity contribution in [2.45, 2.75) is 19.8 Å². The van der Waals surface area contributed by atoms with Crippen molar-refractivity contribution in [3.8, 4) is 11.3 Å². The van der Waals surface area contributed by atoms with E-state index in [-0.39, 0.29) is 0 Å². The number of halogens is 1. The summed E-state index contributed by atoms with van der Waals surface area (Å²) in [7, 11) is 0. The second-order valence-electron chi connectivity index (χ2n) is 1.02. The van der Waals surface area contributed by atoms with Crippen LogP contribution in [0.4, 0.5) is 0 Å². The molecule has 0 aromatic heterocycles. The molecule has 0 radical (unpaired) electrons. The molecule has 0 amide bonds. The van der Waals surface area contributed by atoms with Crippen molar-refractivity contribution in [2.75, 3.05) is 0 Å². The minimum Gasteiger partial charge on any atom is -0.0859 e. The quantitative estimate of drug-likeness (QED) is 0.444. The molecule has 0 aliphatic rings. The highest BCUT2D eigenvalue weighted by Gasteiger charge is 1.64. The average Bonchev–Trinajstić information content (AvgIpc) is 1.61. The average molecular weight is 103 g/mol.